The van der Waals surface area contributed by atoms with E-state index in [1.54, 1.807) is 0 Å². The molecular weight excluding hydrogens is 346 g/mol. The Morgan fingerprint density at radius 3 is 2.61 bits per heavy atom. The molecule has 0 atom stereocenters. The first-order valence-electron chi connectivity index (χ1n) is 10.4. The molecular formula is C24H27N3O. The molecule has 144 valence electrons. The summed E-state index contributed by atoms with van der Waals surface area (Å²) in [5, 5.41) is 1.12. The molecule has 0 radical (unpaired) electrons. The first-order chi connectivity index (χ1) is 13.7. The van der Waals surface area contributed by atoms with Gasteiger partial charge in [-0.2, -0.15) is 0 Å². The Morgan fingerprint density at radius 1 is 0.964 bits per heavy atom. The molecule has 1 amide bonds. The van der Waals surface area contributed by atoms with Crippen molar-refractivity contribution in [3.63, 3.8) is 0 Å². The Morgan fingerprint density at radius 2 is 1.79 bits per heavy atom. The highest BCUT2D eigenvalue weighted by Gasteiger charge is 2.24. The number of hydrogen-bond donors (Lipinski definition) is 0. The molecule has 0 aliphatic carbocycles. The highest BCUT2D eigenvalue weighted by Crippen LogP contribution is 2.25. The standard InChI is InChI=1S/C24H27N3O/c1-25-22-7-3-2-6-20(22)15-23(25)24(28)27-13-10-19-14-18(8-9-21(19)17-27)16-26-11-4-5-12-26/h2-3,6-9,14-15H,4-5,10-13,16-17H2,1H3. The van der Waals surface area contributed by atoms with Gasteiger partial charge in [-0.05, 0) is 61.2 Å². The second-order valence-corrected chi connectivity index (χ2v) is 8.21. The number of aryl methyl sites for hydroxylation is 1. The zero-order chi connectivity index (χ0) is 19.1. The monoisotopic (exact) mass is 373 g/mol. The van der Waals surface area contributed by atoms with Crippen molar-refractivity contribution in [2.45, 2.75) is 32.4 Å². The second-order valence-electron chi connectivity index (χ2n) is 8.21. The quantitative estimate of drug-likeness (QED) is 0.695. The van der Waals surface area contributed by atoms with E-state index in [4.69, 9.17) is 0 Å². The van der Waals surface area contributed by atoms with Crippen LogP contribution >= 0.6 is 0 Å². The molecule has 0 saturated carbocycles. The number of carbonyl (C=O) groups excluding carboxylic acids is 1. The van der Waals surface area contributed by atoms with E-state index in [0.717, 1.165) is 36.1 Å². The van der Waals surface area contributed by atoms with Crippen LogP contribution in [0.2, 0.25) is 0 Å². The maximum absolute atomic E-state index is 13.2. The van der Waals surface area contributed by atoms with Crippen LogP contribution in [0, 0.1) is 0 Å². The smallest absolute Gasteiger partial charge is 0.270 e. The number of amides is 1. The van der Waals surface area contributed by atoms with Crippen LogP contribution in [0.4, 0.5) is 0 Å². The summed E-state index contributed by atoms with van der Waals surface area (Å²) in [5.74, 6) is 0.130. The van der Waals surface area contributed by atoms with Crippen molar-refractivity contribution in [2.75, 3.05) is 19.6 Å². The molecule has 2 aliphatic heterocycles. The van der Waals surface area contributed by atoms with Crippen LogP contribution in [-0.4, -0.2) is 39.9 Å². The average Bonchev–Trinajstić information content (AvgIpc) is 3.35. The van der Waals surface area contributed by atoms with E-state index >= 15 is 0 Å². The third-order valence-corrected chi connectivity index (χ3v) is 6.35. The molecule has 0 unspecified atom stereocenters. The summed E-state index contributed by atoms with van der Waals surface area (Å²) in [4.78, 5) is 17.7. The van der Waals surface area contributed by atoms with Crippen molar-refractivity contribution in [3.8, 4) is 0 Å². The fraction of sp³-hybridized carbons (Fsp3) is 0.375. The van der Waals surface area contributed by atoms with Crippen LogP contribution < -0.4 is 0 Å². The zero-order valence-corrected chi connectivity index (χ0v) is 16.5. The number of carbonyl (C=O) groups is 1. The summed E-state index contributed by atoms with van der Waals surface area (Å²) in [6, 6.07) is 17.1. The summed E-state index contributed by atoms with van der Waals surface area (Å²) in [6.45, 7) is 5.01. The maximum Gasteiger partial charge on any atom is 0.270 e. The van der Waals surface area contributed by atoms with E-state index in [0.29, 0.717) is 6.54 Å². The Bertz CT molecular complexity index is 1030. The molecule has 0 bridgehead atoms. The molecule has 1 fully saturated rings. The van der Waals surface area contributed by atoms with Gasteiger partial charge in [0.05, 0.1) is 0 Å². The van der Waals surface area contributed by atoms with E-state index in [1.165, 1.54) is 42.6 Å². The summed E-state index contributed by atoms with van der Waals surface area (Å²) in [7, 11) is 1.98. The van der Waals surface area contributed by atoms with E-state index in [1.807, 2.05) is 34.7 Å². The predicted octanol–water partition coefficient (Wildman–Crippen LogP) is 3.97. The van der Waals surface area contributed by atoms with Crippen LogP contribution in [0.15, 0.2) is 48.5 Å². The van der Waals surface area contributed by atoms with Gasteiger partial charge in [0.15, 0.2) is 0 Å². The van der Waals surface area contributed by atoms with Crippen molar-refractivity contribution in [1.82, 2.24) is 14.4 Å². The third-order valence-electron chi connectivity index (χ3n) is 6.35. The van der Waals surface area contributed by atoms with Crippen LogP contribution in [-0.2, 0) is 26.6 Å². The van der Waals surface area contributed by atoms with Crippen LogP contribution in [0.1, 0.15) is 40.0 Å². The first kappa shape index (κ1) is 17.5. The van der Waals surface area contributed by atoms with Gasteiger partial charge in [-0.25, -0.2) is 0 Å². The minimum absolute atomic E-state index is 0.130. The van der Waals surface area contributed by atoms with Gasteiger partial charge in [-0.3, -0.25) is 9.69 Å². The average molecular weight is 374 g/mol. The first-order valence-corrected chi connectivity index (χ1v) is 10.4. The van der Waals surface area contributed by atoms with Gasteiger partial charge in [0.2, 0.25) is 0 Å². The largest absolute Gasteiger partial charge is 0.340 e. The molecule has 4 nitrogen and oxygen atoms in total. The van der Waals surface area contributed by atoms with Gasteiger partial charge in [-0.1, -0.05) is 36.4 Å². The number of nitrogens with zero attached hydrogens (tertiary/aromatic N) is 3. The Hall–Kier alpha value is -2.59. The van der Waals surface area contributed by atoms with Gasteiger partial charge >= 0.3 is 0 Å². The number of fused-ring (bicyclic) bond motifs is 2. The molecule has 2 aliphatic rings. The van der Waals surface area contributed by atoms with Gasteiger partial charge in [0.1, 0.15) is 5.69 Å². The molecule has 4 heteroatoms. The molecule has 0 N–H and O–H groups in total. The lowest BCUT2D eigenvalue weighted by atomic mass is 9.97. The fourth-order valence-corrected chi connectivity index (χ4v) is 4.73. The Labute approximate surface area is 166 Å². The molecule has 1 saturated heterocycles. The lowest BCUT2D eigenvalue weighted by Crippen LogP contribution is -2.36. The van der Waals surface area contributed by atoms with Gasteiger partial charge < -0.3 is 9.47 Å². The molecule has 1 aromatic heterocycles. The van der Waals surface area contributed by atoms with Crippen molar-refractivity contribution < 1.29 is 4.79 Å². The Balaban J connectivity index is 1.34. The minimum Gasteiger partial charge on any atom is -0.340 e. The molecule has 0 spiro atoms. The molecule has 2 aromatic carbocycles. The SMILES string of the molecule is Cn1c(C(=O)N2CCc3cc(CN4CCCC4)ccc3C2)cc2ccccc21. The number of aromatic nitrogens is 1. The number of hydrogen-bond acceptors (Lipinski definition) is 2. The van der Waals surface area contributed by atoms with E-state index in [9.17, 15) is 4.79 Å². The second kappa shape index (κ2) is 7.10. The predicted molar refractivity (Wildman–Crippen MR) is 112 cm³/mol. The van der Waals surface area contributed by atoms with Gasteiger partial charge in [0, 0.05) is 37.6 Å². The Kier molecular flexibility index (Phi) is 4.44. The van der Waals surface area contributed by atoms with E-state index < -0.39 is 0 Å². The summed E-state index contributed by atoms with van der Waals surface area (Å²) >= 11 is 0. The summed E-state index contributed by atoms with van der Waals surface area (Å²) < 4.78 is 2.02. The van der Waals surface area contributed by atoms with Crippen molar-refractivity contribution in [2.24, 2.45) is 7.05 Å². The minimum atomic E-state index is 0.130. The third kappa shape index (κ3) is 3.12. The fourth-order valence-electron chi connectivity index (χ4n) is 4.73. The lowest BCUT2D eigenvalue weighted by molar-refractivity contribution is 0.0725. The van der Waals surface area contributed by atoms with Crippen LogP contribution in [0.5, 0.6) is 0 Å². The topological polar surface area (TPSA) is 28.5 Å². The maximum atomic E-state index is 13.2. The van der Waals surface area contributed by atoms with Crippen molar-refractivity contribution in [1.29, 1.82) is 0 Å². The molecule has 3 heterocycles. The molecule has 28 heavy (non-hydrogen) atoms. The van der Waals surface area contributed by atoms with Gasteiger partial charge in [-0.15, -0.1) is 0 Å². The highest BCUT2D eigenvalue weighted by atomic mass is 16.2. The van der Waals surface area contributed by atoms with E-state index in [2.05, 4.69) is 35.2 Å². The number of rotatable bonds is 3. The molecule has 3 aromatic rings. The van der Waals surface area contributed by atoms with E-state index in [-0.39, 0.29) is 5.91 Å². The number of benzene rings is 2. The van der Waals surface area contributed by atoms with Crippen molar-refractivity contribution in [3.05, 3.63) is 70.9 Å². The van der Waals surface area contributed by atoms with Gasteiger partial charge in [0.25, 0.3) is 5.91 Å². The number of para-hydroxylation sites is 1. The number of likely N-dealkylation sites (tertiary alicyclic amines) is 1. The van der Waals surface area contributed by atoms with Crippen LogP contribution in [0.3, 0.4) is 0 Å². The zero-order valence-electron chi connectivity index (χ0n) is 16.5. The summed E-state index contributed by atoms with van der Waals surface area (Å²) in [6.07, 6.45) is 3.60. The lowest BCUT2D eigenvalue weighted by Gasteiger charge is -2.29. The van der Waals surface area contributed by atoms with Crippen molar-refractivity contribution >= 4 is 16.8 Å². The normalized spacial score (nSPS) is 17.2. The molecule has 5 rings (SSSR count). The van der Waals surface area contributed by atoms with Crippen LogP contribution in [0.25, 0.3) is 10.9 Å². The highest BCUT2D eigenvalue weighted by molar-refractivity contribution is 5.98. The summed E-state index contributed by atoms with van der Waals surface area (Å²) in [5.41, 5.74) is 6.00.